The van der Waals surface area contributed by atoms with Gasteiger partial charge < -0.3 is 15.5 Å². The minimum absolute atomic E-state index is 0.501. The lowest BCUT2D eigenvalue weighted by molar-refractivity contribution is 0.233. The number of pyridine rings is 1. The molecule has 0 radical (unpaired) electrons. The molecule has 0 aliphatic carbocycles. The molecular weight excluding hydrogens is 336 g/mol. The molecule has 2 aromatic heterocycles. The van der Waals surface area contributed by atoms with Crippen LogP contribution in [0.1, 0.15) is 5.56 Å². The van der Waals surface area contributed by atoms with Crippen LogP contribution in [0.15, 0.2) is 59.1 Å². The van der Waals surface area contributed by atoms with Gasteiger partial charge in [0, 0.05) is 49.7 Å². The summed E-state index contributed by atoms with van der Waals surface area (Å²) in [6, 6.07) is 16.6. The van der Waals surface area contributed by atoms with Crippen molar-refractivity contribution in [3.63, 3.8) is 0 Å². The number of hydrogen-bond acceptors (Lipinski definition) is 5. The molecule has 0 unspecified atom stereocenters. The lowest BCUT2D eigenvalue weighted by Gasteiger charge is -2.27. The summed E-state index contributed by atoms with van der Waals surface area (Å²) in [5, 5.41) is 6.64. The molecule has 27 heavy (non-hydrogen) atoms. The third-order valence-corrected chi connectivity index (χ3v) is 5.27. The van der Waals surface area contributed by atoms with Crippen molar-refractivity contribution in [1.82, 2.24) is 15.2 Å². The van der Waals surface area contributed by atoms with Gasteiger partial charge in [0.25, 0.3) is 0 Å². The average Bonchev–Trinajstić information content (AvgIpc) is 3.12. The monoisotopic (exact) mass is 358 g/mol. The van der Waals surface area contributed by atoms with E-state index in [4.69, 9.17) is 10.2 Å². The predicted molar refractivity (Wildman–Crippen MR) is 110 cm³/mol. The number of anilines is 1. The van der Waals surface area contributed by atoms with Gasteiger partial charge in [0.15, 0.2) is 0 Å². The van der Waals surface area contributed by atoms with Crippen molar-refractivity contribution in [2.75, 3.05) is 31.9 Å². The Balaban J connectivity index is 1.61. The van der Waals surface area contributed by atoms with E-state index in [1.807, 2.05) is 36.5 Å². The second kappa shape index (κ2) is 6.68. The van der Waals surface area contributed by atoms with Crippen LogP contribution >= 0.6 is 0 Å². The van der Waals surface area contributed by atoms with Gasteiger partial charge in [0.1, 0.15) is 17.2 Å². The van der Waals surface area contributed by atoms with Crippen molar-refractivity contribution in [2.24, 2.45) is 0 Å². The topological polar surface area (TPSA) is 67.3 Å². The first-order valence-corrected chi connectivity index (χ1v) is 9.37. The standard InChI is InChI=1S/C22H22N4O/c23-22-21(20-12-16-3-1-2-4-19(16)27-20)18-11-15(5-6-17(18)13-25-22)14-26-9-7-24-8-10-26/h1-6,11-13,24H,7-10,14H2,(H2,23,25). The second-order valence-electron chi connectivity index (χ2n) is 7.11. The highest BCUT2D eigenvalue weighted by molar-refractivity contribution is 6.01. The molecule has 3 N–H and O–H groups in total. The minimum atomic E-state index is 0.501. The van der Waals surface area contributed by atoms with Crippen LogP contribution in [0.4, 0.5) is 5.82 Å². The number of benzene rings is 2. The van der Waals surface area contributed by atoms with Crippen molar-refractivity contribution in [3.8, 4) is 11.3 Å². The van der Waals surface area contributed by atoms with Gasteiger partial charge in [-0.2, -0.15) is 0 Å². The molecule has 0 bridgehead atoms. The van der Waals surface area contributed by atoms with Gasteiger partial charge in [-0.25, -0.2) is 4.98 Å². The number of rotatable bonds is 3. The summed E-state index contributed by atoms with van der Waals surface area (Å²) in [6.45, 7) is 5.20. The molecule has 4 aromatic rings. The number of aromatic nitrogens is 1. The zero-order valence-corrected chi connectivity index (χ0v) is 15.1. The molecule has 136 valence electrons. The molecule has 5 rings (SSSR count). The fraction of sp³-hybridized carbons (Fsp3) is 0.227. The van der Waals surface area contributed by atoms with Gasteiger partial charge in [-0.3, -0.25) is 4.90 Å². The van der Waals surface area contributed by atoms with E-state index in [9.17, 15) is 0 Å². The van der Waals surface area contributed by atoms with Crippen LogP contribution in [-0.2, 0) is 6.54 Å². The largest absolute Gasteiger partial charge is 0.456 e. The molecule has 1 fully saturated rings. The fourth-order valence-electron chi connectivity index (χ4n) is 3.86. The van der Waals surface area contributed by atoms with E-state index in [1.54, 1.807) is 0 Å². The molecule has 0 saturated carbocycles. The fourth-order valence-corrected chi connectivity index (χ4v) is 3.86. The molecule has 5 nitrogen and oxygen atoms in total. The van der Waals surface area contributed by atoms with Crippen LogP contribution in [0, 0.1) is 0 Å². The Hall–Kier alpha value is -2.89. The zero-order chi connectivity index (χ0) is 18.2. The van der Waals surface area contributed by atoms with Crippen LogP contribution in [-0.4, -0.2) is 36.1 Å². The SMILES string of the molecule is Nc1ncc2ccc(CN3CCNCC3)cc2c1-c1cc2ccccc2o1. The number of furan rings is 1. The molecule has 0 atom stereocenters. The van der Waals surface area contributed by atoms with Crippen molar-refractivity contribution in [1.29, 1.82) is 0 Å². The first kappa shape index (κ1) is 16.3. The molecular formula is C22H22N4O. The number of para-hydroxylation sites is 1. The van der Waals surface area contributed by atoms with E-state index in [-0.39, 0.29) is 0 Å². The number of nitrogens with two attached hydrogens (primary N) is 1. The Morgan fingerprint density at radius 1 is 1.04 bits per heavy atom. The molecule has 0 amide bonds. The Morgan fingerprint density at radius 2 is 1.89 bits per heavy atom. The van der Waals surface area contributed by atoms with Crippen molar-refractivity contribution >= 4 is 27.6 Å². The number of hydrogen-bond donors (Lipinski definition) is 2. The summed E-state index contributed by atoms with van der Waals surface area (Å²) in [7, 11) is 0. The van der Waals surface area contributed by atoms with Gasteiger partial charge in [0.05, 0.1) is 5.56 Å². The number of nitrogens with one attached hydrogen (secondary N) is 1. The van der Waals surface area contributed by atoms with Gasteiger partial charge in [-0.1, -0.05) is 30.3 Å². The molecule has 0 spiro atoms. The summed E-state index contributed by atoms with van der Waals surface area (Å²) in [5.74, 6) is 1.27. The summed E-state index contributed by atoms with van der Waals surface area (Å²) in [6.07, 6.45) is 1.84. The van der Waals surface area contributed by atoms with Gasteiger partial charge in [-0.15, -0.1) is 0 Å². The van der Waals surface area contributed by atoms with Crippen LogP contribution in [0.5, 0.6) is 0 Å². The number of nitrogens with zero attached hydrogens (tertiary/aromatic N) is 2. The highest BCUT2D eigenvalue weighted by Crippen LogP contribution is 2.36. The van der Waals surface area contributed by atoms with Crippen molar-refractivity contribution < 1.29 is 4.42 Å². The van der Waals surface area contributed by atoms with E-state index in [0.29, 0.717) is 5.82 Å². The maximum absolute atomic E-state index is 6.29. The second-order valence-corrected chi connectivity index (χ2v) is 7.11. The van der Waals surface area contributed by atoms with Gasteiger partial charge in [-0.05, 0) is 29.1 Å². The lowest BCUT2D eigenvalue weighted by atomic mass is 10.0. The van der Waals surface area contributed by atoms with Crippen LogP contribution in [0.3, 0.4) is 0 Å². The van der Waals surface area contributed by atoms with E-state index < -0.39 is 0 Å². The average molecular weight is 358 g/mol. The number of fused-ring (bicyclic) bond motifs is 2. The van der Waals surface area contributed by atoms with Gasteiger partial charge >= 0.3 is 0 Å². The van der Waals surface area contributed by atoms with E-state index >= 15 is 0 Å². The molecule has 2 aromatic carbocycles. The van der Waals surface area contributed by atoms with Crippen molar-refractivity contribution in [2.45, 2.75) is 6.54 Å². The number of piperazine rings is 1. The highest BCUT2D eigenvalue weighted by Gasteiger charge is 2.16. The normalized spacial score (nSPS) is 15.6. The molecule has 1 aliphatic heterocycles. The maximum Gasteiger partial charge on any atom is 0.139 e. The zero-order valence-electron chi connectivity index (χ0n) is 15.1. The first-order valence-electron chi connectivity index (χ1n) is 9.37. The summed E-state index contributed by atoms with van der Waals surface area (Å²) in [5.41, 5.74) is 9.31. The highest BCUT2D eigenvalue weighted by atomic mass is 16.3. The van der Waals surface area contributed by atoms with Crippen molar-refractivity contribution in [3.05, 3.63) is 60.3 Å². The molecule has 5 heteroatoms. The van der Waals surface area contributed by atoms with Gasteiger partial charge in [0.2, 0.25) is 0 Å². The van der Waals surface area contributed by atoms with E-state index in [0.717, 1.165) is 65.8 Å². The third-order valence-electron chi connectivity index (χ3n) is 5.27. The lowest BCUT2D eigenvalue weighted by Crippen LogP contribution is -2.42. The summed E-state index contributed by atoms with van der Waals surface area (Å²) < 4.78 is 6.09. The van der Waals surface area contributed by atoms with Crippen LogP contribution in [0.2, 0.25) is 0 Å². The quantitative estimate of drug-likeness (QED) is 0.585. The smallest absolute Gasteiger partial charge is 0.139 e. The third kappa shape index (κ3) is 3.05. The molecule has 1 saturated heterocycles. The summed E-state index contributed by atoms with van der Waals surface area (Å²) in [4.78, 5) is 6.87. The predicted octanol–water partition coefficient (Wildman–Crippen LogP) is 3.64. The molecule has 1 aliphatic rings. The van der Waals surface area contributed by atoms with Crippen LogP contribution in [0.25, 0.3) is 33.1 Å². The Kier molecular flexibility index (Phi) is 4.03. The minimum Gasteiger partial charge on any atom is -0.456 e. The first-order chi connectivity index (χ1) is 13.3. The number of nitrogen functional groups attached to an aromatic ring is 1. The van der Waals surface area contributed by atoms with E-state index in [1.165, 1.54) is 5.56 Å². The molecule has 3 heterocycles. The Morgan fingerprint density at radius 3 is 2.74 bits per heavy atom. The Labute approximate surface area is 157 Å². The summed E-state index contributed by atoms with van der Waals surface area (Å²) >= 11 is 0. The van der Waals surface area contributed by atoms with Crippen LogP contribution < -0.4 is 11.1 Å². The maximum atomic E-state index is 6.29. The van der Waals surface area contributed by atoms with E-state index in [2.05, 4.69) is 33.4 Å². The Bertz CT molecular complexity index is 1080.